The second kappa shape index (κ2) is 9.08. The predicted molar refractivity (Wildman–Crippen MR) is 131 cm³/mol. The van der Waals surface area contributed by atoms with E-state index in [0.717, 1.165) is 21.8 Å². The fourth-order valence-corrected chi connectivity index (χ4v) is 5.04. The number of thioether (sulfide) groups is 1. The summed E-state index contributed by atoms with van der Waals surface area (Å²) in [7, 11) is 1.84. The summed E-state index contributed by atoms with van der Waals surface area (Å²) < 4.78 is 2.97. The molecule has 0 fully saturated rings. The average molecular weight is 474 g/mol. The molecule has 10 heteroatoms. The second-order valence-corrected chi connectivity index (χ2v) is 9.33. The van der Waals surface area contributed by atoms with Crippen molar-refractivity contribution in [3.8, 4) is 22.1 Å². The lowest BCUT2D eigenvalue weighted by atomic mass is 10.2. The number of fused-ring (bicyclic) bond motifs is 1. The number of aromatic nitrogens is 6. The van der Waals surface area contributed by atoms with E-state index in [2.05, 4.69) is 44.5 Å². The van der Waals surface area contributed by atoms with Gasteiger partial charge < -0.3 is 9.88 Å². The third-order valence-corrected chi connectivity index (χ3v) is 7.01. The third-order valence-electron chi connectivity index (χ3n) is 4.92. The van der Waals surface area contributed by atoms with Crippen LogP contribution in [0, 0.1) is 6.92 Å². The van der Waals surface area contributed by atoms with E-state index in [9.17, 15) is 4.79 Å². The molecule has 5 rings (SSSR count). The summed E-state index contributed by atoms with van der Waals surface area (Å²) in [5.41, 5.74) is 4.62. The summed E-state index contributed by atoms with van der Waals surface area (Å²) in [6.45, 7) is 2.08. The summed E-state index contributed by atoms with van der Waals surface area (Å²) in [5.74, 6) is 0.699. The Morgan fingerprint density at radius 1 is 1.12 bits per heavy atom. The van der Waals surface area contributed by atoms with Crippen LogP contribution in [0.4, 0.5) is 5.69 Å². The van der Waals surface area contributed by atoms with E-state index in [4.69, 9.17) is 4.98 Å². The summed E-state index contributed by atoms with van der Waals surface area (Å²) in [6.07, 6.45) is 4.84. The summed E-state index contributed by atoms with van der Waals surface area (Å²) in [6, 6.07) is 14.0. The lowest BCUT2D eigenvalue weighted by Gasteiger charge is -2.06. The highest BCUT2D eigenvalue weighted by Crippen LogP contribution is 2.31. The number of benzene rings is 2. The molecule has 0 radical (unpaired) electrons. The first kappa shape index (κ1) is 21.2. The number of amides is 1. The third kappa shape index (κ3) is 4.62. The zero-order chi connectivity index (χ0) is 22.8. The van der Waals surface area contributed by atoms with Crippen molar-refractivity contribution in [3.63, 3.8) is 0 Å². The van der Waals surface area contributed by atoms with Gasteiger partial charge in [0.25, 0.3) is 0 Å². The van der Waals surface area contributed by atoms with Crippen LogP contribution in [0.3, 0.4) is 0 Å². The number of rotatable bonds is 6. The van der Waals surface area contributed by atoms with Crippen molar-refractivity contribution in [2.45, 2.75) is 12.1 Å². The lowest BCUT2D eigenvalue weighted by Crippen LogP contribution is -2.14. The van der Waals surface area contributed by atoms with Gasteiger partial charge in [0.05, 0.1) is 22.2 Å². The Kier molecular flexibility index (Phi) is 5.84. The molecule has 1 N–H and O–H groups in total. The molecule has 0 aliphatic heterocycles. The zero-order valence-corrected chi connectivity index (χ0v) is 19.5. The van der Waals surface area contributed by atoms with Crippen LogP contribution in [0.25, 0.3) is 32.3 Å². The molecule has 33 heavy (non-hydrogen) atoms. The monoisotopic (exact) mass is 473 g/mol. The molecule has 0 aliphatic rings. The first-order valence-electron chi connectivity index (χ1n) is 10.1. The number of nitrogens with one attached hydrogen (secondary N) is 1. The molecule has 8 nitrogen and oxygen atoms in total. The fourth-order valence-electron chi connectivity index (χ4n) is 3.26. The Balaban J connectivity index is 1.21. The topological polar surface area (TPSA) is 98.5 Å². The van der Waals surface area contributed by atoms with Gasteiger partial charge in [0.1, 0.15) is 10.7 Å². The number of nitrogens with zero attached hydrogens (tertiary/aromatic N) is 6. The molecule has 0 unspecified atom stereocenters. The quantitative estimate of drug-likeness (QED) is 0.360. The van der Waals surface area contributed by atoms with Crippen LogP contribution in [0.2, 0.25) is 0 Å². The number of thiazole rings is 1. The molecule has 0 spiro atoms. The van der Waals surface area contributed by atoms with Crippen molar-refractivity contribution >= 4 is 44.9 Å². The number of carbonyl (C=O) groups is 1. The minimum Gasteiger partial charge on any atom is -0.325 e. The fraction of sp³-hybridized carbons (Fsp3) is 0.130. The van der Waals surface area contributed by atoms with Crippen molar-refractivity contribution in [1.82, 2.24) is 29.7 Å². The van der Waals surface area contributed by atoms with Crippen LogP contribution >= 0.6 is 23.1 Å². The van der Waals surface area contributed by atoms with Gasteiger partial charge in [0.2, 0.25) is 5.91 Å². The first-order chi connectivity index (χ1) is 16.1. The highest BCUT2D eigenvalue weighted by molar-refractivity contribution is 7.99. The molecule has 0 atom stereocenters. The molecule has 2 aromatic carbocycles. The molecule has 1 amide bonds. The van der Waals surface area contributed by atoms with Crippen molar-refractivity contribution in [3.05, 3.63) is 66.6 Å². The first-order valence-corrected chi connectivity index (χ1v) is 11.9. The molecule has 0 saturated heterocycles. The van der Waals surface area contributed by atoms with E-state index in [0.29, 0.717) is 16.7 Å². The Bertz CT molecular complexity index is 1430. The molecule has 3 aromatic heterocycles. The summed E-state index contributed by atoms with van der Waals surface area (Å²) in [5, 5.41) is 12.8. The van der Waals surface area contributed by atoms with Gasteiger partial charge in [-0.1, -0.05) is 17.8 Å². The Labute approximate surface area is 198 Å². The number of hydrogen-bond acceptors (Lipinski definition) is 8. The maximum Gasteiger partial charge on any atom is 0.234 e. The smallest absolute Gasteiger partial charge is 0.234 e. The van der Waals surface area contributed by atoms with Gasteiger partial charge >= 0.3 is 0 Å². The van der Waals surface area contributed by atoms with Crippen LogP contribution in [-0.4, -0.2) is 41.4 Å². The normalized spacial score (nSPS) is 11.1. The molecular formula is C23H19N7OS2. The maximum absolute atomic E-state index is 12.5. The number of anilines is 1. The predicted octanol–water partition coefficient (Wildman–Crippen LogP) is 4.59. The largest absolute Gasteiger partial charge is 0.325 e. The van der Waals surface area contributed by atoms with Crippen molar-refractivity contribution in [2.75, 3.05) is 11.1 Å². The van der Waals surface area contributed by atoms with Crippen LogP contribution in [0.1, 0.15) is 5.56 Å². The SMILES string of the molecule is Cc1ccc2nc(-c3ccc(NC(=O)CSc4nnc(-c5cnccn5)n4C)cc3)sc2c1. The Morgan fingerprint density at radius 3 is 2.76 bits per heavy atom. The molecule has 5 aromatic rings. The van der Waals surface area contributed by atoms with Gasteiger partial charge in [-0.25, -0.2) is 9.97 Å². The Morgan fingerprint density at radius 2 is 1.97 bits per heavy atom. The molecule has 0 bridgehead atoms. The zero-order valence-electron chi connectivity index (χ0n) is 17.9. The van der Waals surface area contributed by atoms with Crippen LogP contribution < -0.4 is 5.32 Å². The van der Waals surface area contributed by atoms with Crippen LogP contribution in [-0.2, 0) is 11.8 Å². The van der Waals surface area contributed by atoms with E-state index < -0.39 is 0 Å². The van der Waals surface area contributed by atoms with E-state index in [1.807, 2.05) is 37.4 Å². The van der Waals surface area contributed by atoms with E-state index in [-0.39, 0.29) is 11.7 Å². The van der Waals surface area contributed by atoms with Gasteiger partial charge in [-0.05, 0) is 48.9 Å². The summed E-state index contributed by atoms with van der Waals surface area (Å²) >= 11 is 2.98. The maximum atomic E-state index is 12.5. The van der Waals surface area contributed by atoms with Crippen molar-refractivity contribution < 1.29 is 4.79 Å². The minimum atomic E-state index is -0.118. The number of carbonyl (C=O) groups excluding carboxylic acids is 1. The molecule has 164 valence electrons. The van der Waals surface area contributed by atoms with Gasteiger partial charge in [-0.3, -0.25) is 9.78 Å². The summed E-state index contributed by atoms with van der Waals surface area (Å²) in [4.78, 5) is 25.5. The van der Waals surface area contributed by atoms with Crippen molar-refractivity contribution in [2.24, 2.45) is 7.05 Å². The van der Waals surface area contributed by atoms with E-state index in [1.165, 1.54) is 22.0 Å². The highest BCUT2D eigenvalue weighted by Gasteiger charge is 2.14. The van der Waals surface area contributed by atoms with E-state index >= 15 is 0 Å². The molecule has 0 aliphatic carbocycles. The van der Waals surface area contributed by atoms with Gasteiger partial charge in [0.15, 0.2) is 11.0 Å². The average Bonchev–Trinajstić information content (AvgIpc) is 3.41. The van der Waals surface area contributed by atoms with E-state index in [1.54, 1.807) is 34.5 Å². The Hall–Kier alpha value is -3.63. The molecule has 0 saturated carbocycles. The standard InChI is InChI=1S/C23H19N7OS2/c1-14-3-8-17-19(11-14)33-22(27-17)15-4-6-16(7-5-15)26-20(31)13-32-23-29-28-21(30(23)2)18-12-24-9-10-25-18/h3-12H,13H2,1-2H3,(H,26,31). The van der Waals surface area contributed by atoms with Crippen LogP contribution in [0.15, 0.2) is 66.2 Å². The van der Waals surface area contributed by atoms with Gasteiger partial charge in [-0.2, -0.15) is 0 Å². The van der Waals surface area contributed by atoms with Gasteiger partial charge in [-0.15, -0.1) is 21.5 Å². The van der Waals surface area contributed by atoms with Crippen LogP contribution in [0.5, 0.6) is 0 Å². The number of aryl methyl sites for hydroxylation is 1. The van der Waals surface area contributed by atoms with Crippen molar-refractivity contribution in [1.29, 1.82) is 0 Å². The highest BCUT2D eigenvalue weighted by atomic mass is 32.2. The lowest BCUT2D eigenvalue weighted by molar-refractivity contribution is -0.113. The number of hydrogen-bond donors (Lipinski definition) is 1. The molecular weight excluding hydrogens is 454 g/mol. The minimum absolute atomic E-state index is 0.118. The van der Waals surface area contributed by atoms with Gasteiger partial charge in [0, 0.05) is 30.7 Å². The second-order valence-electron chi connectivity index (χ2n) is 7.36. The molecule has 3 heterocycles.